The van der Waals surface area contributed by atoms with Crippen LogP contribution in [0.1, 0.15) is 30.7 Å². The average Bonchev–Trinajstić information content (AvgIpc) is 4.13. The lowest BCUT2D eigenvalue weighted by atomic mass is 9.90. The van der Waals surface area contributed by atoms with Gasteiger partial charge in [-0.3, -0.25) is 4.57 Å². The van der Waals surface area contributed by atoms with Gasteiger partial charge in [0.2, 0.25) is 0 Å². The number of benzene rings is 8. The smallest absolute Gasteiger partial charge is 0.165 e. The van der Waals surface area contributed by atoms with E-state index in [2.05, 4.69) is 190 Å². The van der Waals surface area contributed by atoms with Gasteiger partial charge in [0.15, 0.2) is 17.5 Å². The predicted octanol–water partition coefficient (Wildman–Crippen LogP) is 13.0. The van der Waals surface area contributed by atoms with Crippen molar-refractivity contribution in [2.24, 2.45) is 0 Å². The first-order valence-electron chi connectivity index (χ1n) is 25.9. The second kappa shape index (κ2) is 17.5. The van der Waals surface area contributed by atoms with Crippen molar-refractivity contribution in [1.29, 1.82) is 0 Å². The van der Waals surface area contributed by atoms with E-state index in [9.17, 15) is 0 Å². The summed E-state index contributed by atoms with van der Waals surface area (Å²) in [6.07, 6.45) is 14.6. The standard InChI is InChI=1S/C68H47N7/c1-5-17-44(18-6-1)66-70-67(45-19-7-2-8-20-45)72-68(71-66)50-33-38-65(69-43-50)75-63-36-31-48(46-29-34-61-55(39-46)53-25-13-15-27-59(53)73(61)51-21-9-3-10-22-51)41-57(63)58-42-49(32-37-64(58)75)47-30-35-62-56(40-47)54-26-14-16-28-60(54)74(62)52-23-11-4-12-24-52/h1-13,15,17-28,30-43,46H,14,16,29H2. The van der Waals surface area contributed by atoms with Crippen LogP contribution in [0.15, 0.2) is 219 Å². The minimum Gasteiger partial charge on any atom is -0.310 e. The Balaban J connectivity index is 0.888. The van der Waals surface area contributed by atoms with Crippen molar-refractivity contribution >= 4 is 67.9 Å². The number of hydrogen-bond donors (Lipinski definition) is 0. The van der Waals surface area contributed by atoms with Crippen LogP contribution in [-0.2, 0) is 0 Å². The van der Waals surface area contributed by atoms with Gasteiger partial charge in [-0.15, -0.1) is 0 Å². The fourth-order valence-electron chi connectivity index (χ4n) is 11.8. The maximum absolute atomic E-state index is 5.22. The monoisotopic (exact) mass is 961 g/mol. The van der Waals surface area contributed by atoms with E-state index >= 15 is 0 Å². The van der Waals surface area contributed by atoms with Gasteiger partial charge in [0.1, 0.15) is 5.82 Å². The van der Waals surface area contributed by atoms with Gasteiger partial charge in [-0.1, -0.05) is 158 Å². The number of hydrogen-bond acceptors (Lipinski definition) is 4. The number of rotatable bonds is 8. The fraction of sp³-hybridized carbons (Fsp3) is 0.0588. The van der Waals surface area contributed by atoms with Gasteiger partial charge in [-0.2, -0.15) is 0 Å². The highest BCUT2D eigenvalue weighted by atomic mass is 15.1. The molecule has 75 heavy (non-hydrogen) atoms. The zero-order valence-electron chi connectivity index (χ0n) is 40.9. The minimum atomic E-state index is 0.188. The van der Waals surface area contributed by atoms with E-state index < -0.39 is 0 Å². The van der Waals surface area contributed by atoms with Gasteiger partial charge in [0.25, 0.3) is 0 Å². The Hall–Kier alpha value is -9.72. The molecule has 2 aliphatic carbocycles. The van der Waals surface area contributed by atoms with E-state index in [-0.39, 0.29) is 5.92 Å². The summed E-state index contributed by atoms with van der Waals surface area (Å²) in [7, 11) is 0. The summed E-state index contributed by atoms with van der Waals surface area (Å²) in [5, 5.41) is 10.1. The molecule has 0 radical (unpaired) electrons. The molecule has 0 spiro atoms. The molecule has 7 nitrogen and oxygen atoms in total. The van der Waals surface area contributed by atoms with Crippen LogP contribution in [0.5, 0.6) is 0 Å². The summed E-state index contributed by atoms with van der Waals surface area (Å²) in [6, 6.07) is 75.7. The molecule has 5 aromatic heterocycles. The quantitative estimate of drug-likeness (QED) is 0.152. The first-order chi connectivity index (χ1) is 37.2. The molecule has 7 heteroatoms. The molecule has 0 aliphatic heterocycles. The summed E-state index contributed by atoms with van der Waals surface area (Å²) in [5.41, 5.74) is 13.3. The highest BCUT2D eigenvalue weighted by Crippen LogP contribution is 2.38. The number of nitrogens with zero attached hydrogens (tertiary/aromatic N) is 7. The zero-order valence-corrected chi connectivity index (χ0v) is 40.9. The fourth-order valence-corrected chi connectivity index (χ4v) is 11.8. The molecule has 0 amide bonds. The van der Waals surface area contributed by atoms with Crippen molar-refractivity contribution in [3.63, 3.8) is 0 Å². The number of aromatic nitrogens is 7. The van der Waals surface area contributed by atoms with Crippen LogP contribution >= 0.6 is 0 Å². The third-order valence-electron chi connectivity index (χ3n) is 15.3. The normalized spacial score (nSPS) is 14.0. The van der Waals surface area contributed by atoms with E-state index in [1.54, 1.807) is 0 Å². The van der Waals surface area contributed by atoms with Crippen molar-refractivity contribution in [3.8, 4) is 62.5 Å². The van der Waals surface area contributed by atoms with Crippen LogP contribution in [0.3, 0.4) is 0 Å². The summed E-state index contributed by atoms with van der Waals surface area (Å²) in [6.45, 7) is 0. The molecule has 5 heterocycles. The number of pyridine rings is 1. The molecule has 0 saturated heterocycles. The molecule has 13 aromatic rings. The molecular weight excluding hydrogens is 915 g/mol. The van der Waals surface area contributed by atoms with Crippen molar-refractivity contribution < 1.29 is 0 Å². The Bertz CT molecular complexity index is 4590. The van der Waals surface area contributed by atoms with E-state index in [1.165, 1.54) is 81.8 Å². The van der Waals surface area contributed by atoms with Crippen LogP contribution in [0.25, 0.3) is 130 Å². The van der Waals surface area contributed by atoms with Crippen molar-refractivity contribution in [2.45, 2.75) is 25.2 Å². The van der Waals surface area contributed by atoms with Crippen molar-refractivity contribution in [2.75, 3.05) is 0 Å². The summed E-state index contributed by atoms with van der Waals surface area (Å²) in [5.74, 6) is 2.81. The van der Waals surface area contributed by atoms with E-state index in [0.29, 0.717) is 17.5 Å². The maximum atomic E-state index is 5.22. The molecule has 1 unspecified atom stereocenters. The molecule has 0 saturated carbocycles. The van der Waals surface area contributed by atoms with Crippen LogP contribution in [-0.4, -0.2) is 33.6 Å². The van der Waals surface area contributed by atoms with Gasteiger partial charge in [0.05, 0.1) is 22.1 Å². The molecule has 0 bridgehead atoms. The van der Waals surface area contributed by atoms with Gasteiger partial charge in [-0.25, -0.2) is 19.9 Å². The summed E-state index contributed by atoms with van der Waals surface area (Å²) in [4.78, 5) is 20.2. The first kappa shape index (κ1) is 42.9. The number of para-hydroxylation sites is 3. The Morgan fingerprint density at radius 2 is 0.867 bits per heavy atom. The van der Waals surface area contributed by atoms with E-state index in [4.69, 9.17) is 19.9 Å². The van der Waals surface area contributed by atoms with Crippen molar-refractivity contribution in [1.82, 2.24) is 33.6 Å². The van der Waals surface area contributed by atoms with E-state index in [0.717, 1.165) is 52.8 Å². The highest BCUT2D eigenvalue weighted by molar-refractivity contribution is 6.11. The predicted molar refractivity (Wildman–Crippen MR) is 307 cm³/mol. The molecule has 1 atom stereocenters. The van der Waals surface area contributed by atoms with Gasteiger partial charge in [0, 0.05) is 82.9 Å². The molecule has 0 fully saturated rings. The third-order valence-corrected chi connectivity index (χ3v) is 15.3. The SMILES string of the molecule is C1=c2c(n(-c3ccccc3)c3ccccc23)=CCC1c1ccc2c(c1)c1cc(-c3ccc4c(c3)c3c(n4-c4ccccc4)=CCCC=3)ccc1n2-c1ccc(-c2nc(-c3ccccc3)nc(-c3ccccc3)n2)cn1. The molecule has 0 N–H and O–H groups in total. The second-order valence-corrected chi connectivity index (χ2v) is 19.7. The average molecular weight is 962 g/mol. The Morgan fingerprint density at radius 1 is 0.360 bits per heavy atom. The Morgan fingerprint density at radius 3 is 1.51 bits per heavy atom. The van der Waals surface area contributed by atoms with Crippen LogP contribution < -0.4 is 21.1 Å². The minimum absolute atomic E-state index is 0.188. The third kappa shape index (κ3) is 7.19. The maximum Gasteiger partial charge on any atom is 0.165 e. The first-order valence-corrected chi connectivity index (χ1v) is 25.9. The molecule has 8 aromatic carbocycles. The summed E-state index contributed by atoms with van der Waals surface area (Å²) >= 11 is 0. The lowest BCUT2D eigenvalue weighted by molar-refractivity contribution is 0.908. The molecular formula is C68H47N7. The Labute approximate surface area is 432 Å². The van der Waals surface area contributed by atoms with Crippen LogP contribution in [0, 0.1) is 0 Å². The molecule has 354 valence electrons. The molecule has 15 rings (SSSR count). The Kier molecular flexibility index (Phi) is 10.0. The lowest BCUT2D eigenvalue weighted by Crippen LogP contribution is -2.31. The second-order valence-electron chi connectivity index (χ2n) is 19.7. The van der Waals surface area contributed by atoms with Crippen molar-refractivity contribution in [3.05, 3.63) is 245 Å². The highest BCUT2D eigenvalue weighted by Gasteiger charge is 2.22. The van der Waals surface area contributed by atoms with Crippen LogP contribution in [0.4, 0.5) is 0 Å². The summed E-state index contributed by atoms with van der Waals surface area (Å²) < 4.78 is 7.15. The molecule has 2 aliphatic rings. The largest absolute Gasteiger partial charge is 0.310 e. The lowest BCUT2D eigenvalue weighted by Gasteiger charge is -2.15. The van der Waals surface area contributed by atoms with Gasteiger partial charge < -0.3 is 9.13 Å². The van der Waals surface area contributed by atoms with Crippen LogP contribution in [0.2, 0.25) is 0 Å². The van der Waals surface area contributed by atoms with Gasteiger partial charge in [-0.05, 0) is 115 Å². The topological polar surface area (TPSA) is 66.3 Å². The van der Waals surface area contributed by atoms with E-state index in [1.807, 2.05) is 66.9 Å². The zero-order chi connectivity index (χ0) is 49.4. The van der Waals surface area contributed by atoms with Gasteiger partial charge >= 0.3 is 0 Å². The number of fused-ring (bicyclic) bond motifs is 9.